The zero-order valence-corrected chi connectivity index (χ0v) is 14.5. The van der Waals surface area contributed by atoms with E-state index in [0.29, 0.717) is 16.8 Å². The molecule has 0 saturated carbocycles. The van der Waals surface area contributed by atoms with Crippen molar-refractivity contribution in [1.29, 1.82) is 0 Å². The molecule has 6 heteroatoms. The molecule has 0 aliphatic carbocycles. The molecule has 0 unspecified atom stereocenters. The molecule has 0 radical (unpaired) electrons. The van der Waals surface area contributed by atoms with Crippen molar-refractivity contribution in [3.8, 4) is 5.75 Å². The maximum Gasteiger partial charge on any atom is 0.261 e. The molecule has 0 amide bonds. The van der Waals surface area contributed by atoms with E-state index in [2.05, 4.69) is 4.98 Å². The lowest BCUT2D eigenvalue weighted by atomic mass is 10.0. The molecule has 4 rings (SSSR count). The molecule has 3 aromatic carbocycles. The summed E-state index contributed by atoms with van der Waals surface area (Å²) in [6.45, 7) is -0.215. The van der Waals surface area contributed by atoms with Crippen LogP contribution in [0.2, 0.25) is 0 Å². The van der Waals surface area contributed by atoms with Crippen molar-refractivity contribution >= 4 is 27.5 Å². The van der Waals surface area contributed by atoms with E-state index in [-0.39, 0.29) is 17.7 Å². The Morgan fingerprint density at radius 3 is 2.74 bits per heavy atom. The fourth-order valence-corrected chi connectivity index (χ4v) is 3.17. The van der Waals surface area contributed by atoms with Crippen LogP contribution in [0.4, 0.5) is 4.39 Å². The summed E-state index contributed by atoms with van der Waals surface area (Å²) >= 11 is 0. The SMILES string of the molecule is COc1c(C(=O)Cn2cnc3ccc(F)cc3c2=O)ccc2ccccc12. The highest BCUT2D eigenvalue weighted by atomic mass is 19.1. The summed E-state index contributed by atoms with van der Waals surface area (Å²) in [4.78, 5) is 29.6. The van der Waals surface area contributed by atoms with Gasteiger partial charge in [-0.3, -0.25) is 14.2 Å². The molecule has 0 atom stereocenters. The van der Waals surface area contributed by atoms with Gasteiger partial charge in [-0.05, 0) is 29.7 Å². The first-order valence-electron chi connectivity index (χ1n) is 8.32. The van der Waals surface area contributed by atoms with Gasteiger partial charge in [-0.1, -0.05) is 30.3 Å². The fraction of sp³-hybridized carbons (Fsp3) is 0.0952. The highest BCUT2D eigenvalue weighted by molar-refractivity contribution is 6.04. The Balaban J connectivity index is 1.77. The van der Waals surface area contributed by atoms with E-state index in [4.69, 9.17) is 4.74 Å². The zero-order valence-electron chi connectivity index (χ0n) is 14.5. The first-order valence-corrected chi connectivity index (χ1v) is 8.32. The van der Waals surface area contributed by atoms with Crippen molar-refractivity contribution in [2.24, 2.45) is 0 Å². The van der Waals surface area contributed by atoms with Gasteiger partial charge in [0.25, 0.3) is 5.56 Å². The number of fused-ring (bicyclic) bond motifs is 2. The van der Waals surface area contributed by atoms with Crippen LogP contribution in [0.3, 0.4) is 0 Å². The zero-order chi connectivity index (χ0) is 19.0. The Morgan fingerprint density at radius 2 is 1.93 bits per heavy atom. The summed E-state index contributed by atoms with van der Waals surface area (Å²) in [7, 11) is 1.51. The topological polar surface area (TPSA) is 61.2 Å². The van der Waals surface area contributed by atoms with Gasteiger partial charge in [0.1, 0.15) is 11.6 Å². The minimum atomic E-state index is -0.526. The average Bonchev–Trinajstić information content (AvgIpc) is 2.69. The van der Waals surface area contributed by atoms with Crippen molar-refractivity contribution in [2.75, 3.05) is 7.11 Å². The molecule has 0 saturated heterocycles. The Hall–Kier alpha value is -3.54. The van der Waals surface area contributed by atoms with Gasteiger partial charge in [-0.15, -0.1) is 0 Å². The maximum absolute atomic E-state index is 13.5. The minimum absolute atomic E-state index is 0.135. The molecule has 0 spiro atoms. The molecule has 5 nitrogen and oxygen atoms in total. The lowest BCUT2D eigenvalue weighted by Crippen LogP contribution is -2.25. The van der Waals surface area contributed by atoms with Crippen LogP contribution in [0.25, 0.3) is 21.7 Å². The predicted octanol–water partition coefficient (Wildman–Crippen LogP) is 3.58. The number of ether oxygens (including phenoxy) is 1. The van der Waals surface area contributed by atoms with Gasteiger partial charge in [0.2, 0.25) is 0 Å². The number of nitrogens with zero attached hydrogens (tertiary/aromatic N) is 2. The van der Waals surface area contributed by atoms with Crippen LogP contribution in [0, 0.1) is 5.82 Å². The fourth-order valence-electron chi connectivity index (χ4n) is 3.17. The molecule has 134 valence electrons. The van der Waals surface area contributed by atoms with Crippen molar-refractivity contribution in [1.82, 2.24) is 9.55 Å². The van der Waals surface area contributed by atoms with Crippen LogP contribution in [0.15, 0.2) is 65.7 Å². The standard InChI is InChI=1S/C21H15FN2O3/c1-27-20-15-5-3-2-4-13(15)6-8-16(20)19(25)11-24-12-23-18-9-7-14(22)10-17(18)21(24)26/h2-10,12H,11H2,1H3. The molecule has 0 aliphatic heterocycles. The van der Waals surface area contributed by atoms with E-state index in [1.807, 2.05) is 30.3 Å². The average molecular weight is 362 g/mol. The highest BCUT2D eigenvalue weighted by Gasteiger charge is 2.17. The number of benzene rings is 3. The van der Waals surface area contributed by atoms with Gasteiger partial charge in [0.05, 0.1) is 36.4 Å². The summed E-state index contributed by atoms with van der Waals surface area (Å²) in [5.74, 6) is -0.357. The Kier molecular flexibility index (Phi) is 4.16. The number of carbonyl (C=O) groups excluding carboxylic acids is 1. The maximum atomic E-state index is 13.5. The first-order chi connectivity index (χ1) is 13.1. The molecule has 0 aliphatic rings. The van der Waals surface area contributed by atoms with Gasteiger partial charge in [0.15, 0.2) is 5.78 Å². The van der Waals surface area contributed by atoms with Gasteiger partial charge < -0.3 is 4.74 Å². The minimum Gasteiger partial charge on any atom is -0.495 e. The Bertz CT molecular complexity index is 1250. The number of hydrogen-bond donors (Lipinski definition) is 0. The molecule has 0 bridgehead atoms. The summed E-state index contributed by atoms with van der Waals surface area (Å²) < 4.78 is 20.1. The van der Waals surface area contributed by atoms with Crippen molar-refractivity contribution in [3.05, 3.63) is 82.7 Å². The number of rotatable bonds is 4. The summed E-state index contributed by atoms with van der Waals surface area (Å²) in [5, 5.41) is 1.90. The van der Waals surface area contributed by atoms with Crippen LogP contribution in [0.5, 0.6) is 5.75 Å². The first kappa shape index (κ1) is 16.9. The second-order valence-electron chi connectivity index (χ2n) is 6.13. The van der Waals surface area contributed by atoms with Crippen LogP contribution < -0.4 is 10.3 Å². The van der Waals surface area contributed by atoms with Crippen molar-refractivity contribution in [2.45, 2.75) is 6.54 Å². The van der Waals surface area contributed by atoms with Gasteiger partial charge in [0, 0.05) is 5.39 Å². The van der Waals surface area contributed by atoms with Gasteiger partial charge in [-0.2, -0.15) is 0 Å². The number of ketones is 1. The molecule has 0 fully saturated rings. The number of Topliss-reactive ketones (excluding diaryl/α,β-unsaturated/α-hetero) is 1. The van der Waals surface area contributed by atoms with E-state index >= 15 is 0 Å². The number of hydrogen-bond acceptors (Lipinski definition) is 4. The quantitative estimate of drug-likeness (QED) is 0.521. The Labute approximate surface area is 153 Å². The summed E-state index contributed by atoms with van der Waals surface area (Å²) in [5.41, 5.74) is 0.295. The van der Waals surface area contributed by atoms with E-state index < -0.39 is 11.4 Å². The van der Waals surface area contributed by atoms with Crippen LogP contribution in [-0.4, -0.2) is 22.4 Å². The molecular formula is C21H15FN2O3. The third-order valence-corrected chi connectivity index (χ3v) is 4.48. The van der Waals surface area contributed by atoms with Crippen LogP contribution in [-0.2, 0) is 6.54 Å². The van der Waals surface area contributed by atoms with Gasteiger partial charge in [-0.25, -0.2) is 9.37 Å². The molecule has 0 N–H and O–H groups in total. The molecule has 1 aromatic heterocycles. The Morgan fingerprint density at radius 1 is 1.11 bits per heavy atom. The number of halogens is 1. The predicted molar refractivity (Wildman–Crippen MR) is 101 cm³/mol. The largest absolute Gasteiger partial charge is 0.495 e. The molecular weight excluding hydrogens is 347 g/mol. The number of aromatic nitrogens is 2. The summed E-state index contributed by atoms with van der Waals surface area (Å²) in [6, 6.07) is 14.9. The second-order valence-corrected chi connectivity index (χ2v) is 6.13. The van der Waals surface area contributed by atoms with E-state index in [1.54, 1.807) is 6.07 Å². The molecule has 4 aromatic rings. The van der Waals surface area contributed by atoms with E-state index in [9.17, 15) is 14.0 Å². The van der Waals surface area contributed by atoms with Crippen molar-refractivity contribution in [3.63, 3.8) is 0 Å². The molecule has 1 heterocycles. The van der Waals surface area contributed by atoms with E-state index in [1.165, 1.54) is 30.1 Å². The second kappa shape index (κ2) is 6.64. The van der Waals surface area contributed by atoms with Crippen LogP contribution >= 0.6 is 0 Å². The number of carbonyl (C=O) groups is 1. The van der Waals surface area contributed by atoms with Crippen LogP contribution in [0.1, 0.15) is 10.4 Å². The highest BCUT2D eigenvalue weighted by Crippen LogP contribution is 2.30. The van der Waals surface area contributed by atoms with E-state index in [0.717, 1.165) is 16.8 Å². The third-order valence-electron chi connectivity index (χ3n) is 4.48. The lowest BCUT2D eigenvalue weighted by molar-refractivity contribution is 0.0968. The number of methoxy groups -OCH3 is 1. The smallest absolute Gasteiger partial charge is 0.261 e. The monoisotopic (exact) mass is 362 g/mol. The molecule has 27 heavy (non-hydrogen) atoms. The summed E-state index contributed by atoms with van der Waals surface area (Å²) in [6.07, 6.45) is 1.30. The van der Waals surface area contributed by atoms with Crippen molar-refractivity contribution < 1.29 is 13.9 Å². The third kappa shape index (κ3) is 2.95. The lowest BCUT2D eigenvalue weighted by Gasteiger charge is -2.12. The normalized spacial score (nSPS) is 11.0. The van der Waals surface area contributed by atoms with Gasteiger partial charge >= 0.3 is 0 Å².